The zero-order chi connectivity index (χ0) is 15.0. The fraction of sp³-hybridized carbons (Fsp3) is 0.467. The largest absolute Gasteiger partial charge is 0.479 e. The Labute approximate surface area is 119 Å². The monoisotopic (exact) mass is 279 g/mol. The van der Waals surface area contributed by atoms with Crippen molar-refractivity contribution >= 4 is 17.6 Å². The van der Waals surface area contributed by atoms with Gasteiger partial charge in [0.25, 0.3) is 0 Å². The maximum atomic E-state index is 11.7. The maximum Gasteiger partial charge on any atom is 0.347 e. The molecule has 0 aromatic heterocycles. The van der Waals surface area contributed by atoms with E-state index in [0.717, 1.165) is 12.8 Å². The Morgan fingerprint density at radius 2 is 2.10 bits per heavy atom. The third-order valence-corrected chi connectivity index (χ3v) is 2.72. The summed E-state index contributed by atoms with van der Waals surface area (Å²) in [7, 11) is 1.35. The third kappa shape index (κ3) is 5.30. The Hall–Kier alpha value is -2.04. The molecule has 5 heteroatoms. The summed E-state index contributed by atoms with van der Waals surface area (Å²) in [6.07, 6.45) is 1.84. The lowest BCUT2D eigenvalue weighted by molar-refractivity contribution is -0.149. The Morgan fingerprint density at radius 3 is 2.70 bits per heavy atom. The van der Waals surface area contributed by atoms with E-state index in [2.05, 4.69) is 5.32 Å². The number of carbonyl (C=O) groups excluding carboxylic acids is 2. The fourth-order valence-electron chi connectivity index (χ4n) is 1.76. The van der Waals surface area contributed by atoms with E-state index >= 15 is 0 Å². The molecule has 1 atom stereocenters. The van der Waals surface area contributed by atoms with Crippen molar-refractivity contribution in [1.29, 1.82) is 0 Å². The minimum absolute atomic E-state index is 0.155. The summed E-state index contributed by atoms with van der Waals surface area (Å²) in [4.78, 5) is 22.7. The first-order valence-corrected chi connectivity index (χ1v) is 6.69. The lowest BCUT2D eigenvalue weighted by Gasteiger charge is -2.17. The molecule has 1 rings (SSSR count). The molecule has 0 heterocycles. The SMILES string of the molecule is CCCCC(Oc1cccc(NC(C)=O)c1)C(=O)OC. The molecule has 110 valence electrons. The Balaban J connectivity index is 2.76. The molecule has 0 fully saturated rings. The number of hydrogen-bond donors (Lipinski definition) is 1. The molecule has 0 bridgehead atoms. The second-order valence-electron chi connectivity index (χ2n) is 4.48. The molecule has 0 aliphatic rings. The molecule has 0 saturated heterocycles. The van der Waals surface area contributed by atoms with E-state index in [0.29, 0.717) is 17.9 Å². The van der Waals surface area contributed by atoms with Crippen molar-refractivity contribution in [3.05, 3.63) is 24.3 Å². The summed E-state index contributed by atoms with van der Waals surface area (Å²) in [6.45, 7) is 3.48. The van der Waals surface area contributed by atoms with Crippen molar-refractivity contribution in [2.75, 3.05) is 12.4 Å². The van der Waals surface area contributed by atoms with Gasteiger partial charge in [-0.3, -0.25) is 4.79 Å². The Morgan fingerprint density at radius 1 is 1.35 bits per heavy atom. The van der Waals surface area contributed by atoms with E-state index < -0.39 is 6.10 Å². The topological polar surface area (TPSA) is 64.6 Å². The lowest BCUT2D eigenvalue weighted by atomic mass is 10.1. The second-order valence-corrected chi connectivity index (χ2v) is 4.48. The van der Waals surface area contributed by atoms with Crippen molar-refractivity contribution in [1.82, 2.24) is 0 Å². The molecular formula is C15H21NO4. The highest BCUT2D eigenvalue weighted by molar-refractivity contribution is 5.88. The quantitative estimate of drug-likeness (QED) is 0.779. The predicted octanol–water partition coefficient (Wildman–Crippen LogP) is 2.76. The van der Waals surface area contributed by atoms with E-state index in [4.69, 9.17) is 9.47 Å². The van der Waals surface area contributed by atoms with Gasteiger partial charge in [0.15, 0.2) is 6.10 Å². The summed E-state index contributed by atoms with van der Waals surface area (Å²) in [5.41, 5.74) is 0.633. The Kier molecular flexibility index (Phi) is 6.56. The van der Waals surface area contributed by atoms with Crippen molar-refractivity contribution in [2.45, 2.75) is 39.2 Å². The summed E-state index contributed by atoms with van der Waals surface area (Å²) in [5, 5.41) is 2.67. The van der Waals surface area contributed by atoms with Crippen LogP contribution in [0.3, 0.4) is 0 Å². The number of carbonyl (C=O) groups is 2. The number of methoxy groups -OCH3 is 1. The van der Waals surface area contributed by atoms with Crippen LogP contribution in [-0.2, 0) is 14.3 Å². The van der Waals surface area contributed by atoms with Gasteiger partial charge in [0.05, 0.1) is 7.11 Å². The van der Waals surface area contributed by atoms with Gasteiger partial charge in [0.1, 0.15) is 5.75 Å². The van der Waals surface area contributed by atoms with Crippen LogP contribution in [0.15, 0.2) is 24.3 Å². The summed E-state index contributed by atoms with van der Waals surface area (Å²) >= 11 is 0. The van der Waals surface area contributed by atoms with Gasteiger partial charge < -0.3 is 14.8 Å². The molecule has 0 aliphatic heterocycles. The average molecular weight is 279 g/mol. The molecule has 20 heavy (non-hydrogen) atoms. The number of ether oxygens (including phenoxy) is 2. The molecule has 0 aliphatic carbocycles. The molecule has 0 saturated carbocycles. The van der Waals surface area contributed by atoms with Gasteiger partial charge in [0.2, 0.25) is 5.91 Å². The standard InChI is InChI=1S/C15H21NO4/c1-4-5-9-14(15(18)19-3)20-13-8-6-7-12(10-13)16-11(2)17/h6-8,10,14H,4-5,9H2,1-3H3,(H,16,17). The summed E-state index contributed by atoms with van der Waals surface area (Å²) in [6, 6.07) is 6.94. The van der Waals surface area contributed by atoms with Gasteiger partial charge in [0, 0.05) is 18.7 Å². The second kappa shape index (κ2) is 8.19. The van der Waals surface area contributed by atoms with Crippen LogP contribution in [0.1, 0.15) is 33.1 Å². The average Bonchev–Trinajstić information content (AvgIpc) is 2.42. The van der Waals surface area contributed by atoms with Crippen LogP contribution < -0.4 is 10.1 Å². The molecular weight excluding hydrogens is 258 g/mol. The number of esters is 1. The molecule has 1 unspecified atom stereocenters. The van der Waals surface area contributed by atoms with Crippen molar-refractivity contribution in [2.24, 2.45) is 0 Å². The van der Waals surface area contributed by atoms with Crippen LogP contribution in [0.5, 0.6) is 5.75 Å². The van der Waals surface area contributed by atoms with Gasteiger partial charge >= 0.3 is 5.97 Å². The van der Waals surface area contributed by atoms with Crippen molar-refractivity contribution in [3.63, 3.8) is 0 Å². The van der Waals surface area contributed by atoms with Crippen LogP contribution in [0.4, 0.5) is 5.69 Å². The number of amides is 1. The van der Waals surface area contributed by atoms with Crippen molar-refractivity contribution < 1.29 is 19.1 Å². The predicted molar refractivity (Wildman–Crippen MR) is 76.7 cm³/mol. The zero-order valence-electron chi connectivity index (χ0n) is 12.1. The molecule has 1 aromatic rings. The highest BCUT2D eigenvalue weighted by Crippen LogP contribution is 2.20. The van der Waals surface area contributed by atoms with Crippen LogP contribution >= 0.6 is 0 Å². The molecule has 0 spiro atoms. The van der Waals surface area contributed by atoms with Crippen molar-refractivity contribution in [3.8, 4) is 5.75 Å². The minimum atomic E-state index is -0.618. The zero-order valence-corrected chi connectivity index (χ0v) is 12.1. The number of benzene rings is 1. The smallest absolute Gasteiger partial charge is 0.347 e. The first-order valence-electron chi connectivity index (χ1n) is 6.69. The molecule has 0 radical (unpaired) electrons. The van der Waals surface area contributed by atoms with Gasteiger partial charge in [-0.25, -0.2) is 4.79 Å². The number of unbranched alkanes of at least 4 members (excludes halogenated alkanes) is 1. The van der Waals surface area contributed by atoms with Gasteiger partial charge in [-0.15, -0.1) is 0 Å². The number of hydrogen-bond acceptors (Lipinski definition) is 4. The first kappa shape index (κ1) is 16.0. The van der Waals surface area contributed by atoms with Crippen LogP contribution in [0.2, 0.25) is 0 Å². The lowest BCUT2D eigenvalue weighted by Crippen LogP contribution is -2.28. The minimum Gasteiger partial charge on any atom is -0.479 e. The van der Waals surface area contributed by atoms with Gasteiger partial charge in [-0.1, -0.05) is 19.4 Å². The van der Waals surface area contributed by atoms with Crippen LogP contribution in [-0.4, -0.2) is 25.1 Å². The first-order chi connectivity index (χ1) is 9.56. The maximum absolute atomic E-state index is 11.7. The summed E-state index contributed by atoms with van der Waals surface area (Å²) in [5.74, 6) is -0.0104. The molecule has 1 aromatic carbocycles. The number of nitrogens with one attached hydrogen (secondary N) is 1. The Bertz CT molecular complexity index is 459. The number of rotatable bonds is 7. The van der Waals surface area contributed by atoms with E-state index in [9.17, 15) is 9.59 Å². The van der Waals surface area contributed by atoms with Crippen LogP contribution in [0.25, 0.3) is 0 Å². The van der Waals surface area contributed by atoms with Gasteiger partial charge in [-0.2, -0.15) is 0 Å². The number of anilines is 1. The highest BCUT2D eigenvalue weighted by Gasteiger charge is 2.20. The highest BCUT2D eigenvalue weighted by atomic mass is 16.6. The normalized spacial score (nSPS) is 11.6. The fourth-order valence-corrected chi connectivity index (χ4v) is 1.76. The summed E-state index contributed by atoms with van der Waals surface area (Å²) < 4.78 is 10.4. The van der Waals surface area contributed by atoms with E-state index in [1.54, 1.807) is 24.3 Å². The molecule has 1 amide bonds. The van der Waals surface area contributed by atoms with E-state index in [1.165, 1.54) is 14.0 Å². The van der Waals surface area contributed by atoms with Crippen LogP contribution in [0, 0.1) is 0 Å². The molecule has 5 nitrogen and oxygen atoms in total. The molecule has 1 N–H and O–H groups in total. The van der Waals surface area contributed by atoms with E-state index in [1.807, 2.05) is 6.92 Å². The van der Waals surface area contributed by atoms with Gasteiger partial charge in [-0.05, 0) is 25.0 Å². The van der Waals surface area contributed by atoms with E-state index in [-0.39, 0.29) is 11.9 Å². The third-order valence-electron chi connectivity index (χ3n) is 2.72.